The standard InChI is InChI=1S/C21H23F2N5OS/c1-13(2)10-15(14-6-4-7-24-11-14)12-27-19(29)16-17(21(3,22)23)28-20(30-16)18-25-8-5-9-26-18/h4-9,11,13,15H,10,12H2,1-3H3,(H,27,29). The first kappa shape index (κ1) is 21.9. The van der Waals surface area contributed by atoms with Crippen molar-refractivity contribution in [1.82, 2.24) is 25.3 Å². The second kappa shape index (κ2) is 9.34. The minimum Gasteiger partial charge on any atom is -0.351 e. The fourth-order valence-corrected chi connectivity index (χ4v) is 4.11. The van der Waals surface area contributed by atoms with Gasteiger partial charge >= 0.3 is 0 Å². The number of alkyl halides is 2. The van der Waals surface area contributed by atoms with Gasteiger partial charge in [-0.2, -0.15) is 8.78 Å². The molecule has 0 aromatic carbocycles. The zero-order valence-electron chi connectivity index (χ0n) is 17.0. The molecule has 3 rings (SSSR count). The van der Waals surface area contributed by atoms with E-state index in [9.17, 15) is 13.6 Å². The predicted molar refractivity (Wildman–Crippen MR) is 111 cm³/mol. The molecule has 0 aliphatic rings. The zero-order chi connectivity index (χ0) is 21.7. The number of carbonyl (C=O) groups excluding carboxylic acids is 1. The van der Waals surface area contributed by atoms with Crippen LogP contribution in [0.1, 0.15) is 54.0 Å². The average molecular weight is 432 g/mol. The van der Waals surface area contributed by atoms with E-state index >= 15 is 0 Å². The first-order valence-corrected chi connectivity index (χ1v) is 10.4. The summed E-state index contributed by atoms with van der Waals surface area (Å²) in [6.07, 6.45) is 7.28. The lowest BCUT2D eigenvalue weighted by atomic mass is 9.91. The van der Waals surface area contributed by atoms with Gasteiger partial charge < -0.3 is 5.32 Å². The van der Waals surface area contributed by atoms with Crippen LogP contribution in [0.3, 0.4) is 0 Å². The molecule has 1 unspecified atom stereocenters. The van der Waals surface area contributed by atoms with E-state index in [1.54, 1.807) is 18.5 Å². The molecule has 0 aliphatic heterocycles. The summed E-state index contributed by atoms with van der Waals surface area (Å²) in [5.74, 6) is -3.22. The maximum absolute atomic E-state index is 14.2. The predicted octanol–water partition coefficient (Wildman–Crippen LogP) is 4.67. The molecular formula is C21H23F2N5OS. The van der Waals surface area contributed by atoms with Crippen molar-refractivity contribution in [2.75, 3.05) is 6.54 Å². The lowest BCUT2D eigenvalue weighted by Gasteiger charge is -2.20. The van der Waals surface area contributed by atoms with Crippen LogP contribution in [0, 0.1) is 5.92 Å². The lowest BCUT2D eigenvalue weighted by molar-refractivity contribution is 0.0124. The highest BCUT2D eigenvalue weighted by Gasteiger charge is 2.35. The molecule has 30 heavy (non-hydrogen) atoms. The summed E-state index contributed by atoms with van der Waals surface area (Å²) in [6.45, 7) is 5.23. The van der Waals surface area contributed by atoms with Gasteiger partial charge in [-0.1, -0.05) is 19.9 Å². The Bertz CT molecular complexity index is 974. The zero-order valence-corrected chi connectivity index (χ0v) is 17.8. The average Bonchev–Trinajstić information content (AvgIpc) is 3.18. The fraction of sp³-hybridized carbons (Fsp3) is 0.381. The monoisotopic (exact) mass is 431 g/mol. The third-order valence-electron chi connectivity index (χ3n) is 4.43. The minimum absolute atomic E-state index is 0.0260. The highest BCUT2D eigenvalue weighted by atomic mass is 32.1. The number of thiazole rings is 1. The summed E-state index contributed by atoms with van der Waals surface area (Å²) in [4.78, 5) is 28.9. The summed E-state index contributed by atoms with van der Waals surface area (Å²) in [7, 11) is 0. The van der Waals surface area contributed by atoms with Gasteiger partial charge in [0.1, 0.15) is 10.6 Å². The molecule has 0 aliphatic carbocycles. The number of halogens is 2. The fourth-order valence-electron chi connectivity index (χ4n) is 3.10. The Morgan fingerprint density at radius 3 is 2.53 bits per heavy atom. The van der Waals surface area contributed by atoms with Gasteiger partial charge in [-0.05, 0) is 30.0 Å². The third-order valence-corrected chi connectivity index (χ3v) is 5.48. The maximum atomic E-state index is 14.2. The van der Waals surface area contributed by atoms with Crippen molar-refractivity contribution < 1.29 is 13.6 Å². The van der Waals surface area contributed by atoms with Crippen LogP contribution in [0.15, 0.2) is 43.0 Å². The highest BCUT2D eigenvalue weighted by molar-refractivity contribution is 7.17. The minimum atomic E-state index is -3.27. The SMILES string of the molecule is CC(C)CC(CNC(=O)c1sc(-c2ncccn2)nc1C(C)(F)F)c1cccnc1. The molecule has 0 saturated heterocycles. The quantitative estimate of drug-likeness (QED) is 0.561. The van der Waals surface area contributed by atoms with Crippen LogP contribution in [0.2, 0.25) is 0 Å². The first-order chi connectivity index (χ1) is 14.3. The Morgan fingerprint density at radius 2 is 1.93 bits per heavy atom. The molecule has 1 atom stereocenters. The summed E-state index contributed by atoms with van der Waals surface area (Å²) < 4.78 is 28.3. The molecule has 1 amide bonds. The van der Waals surface area contributed by atoms with Crippen molar-refractivity contribution in [2.45, 2.75) is 39.0 Å². The van der Waals surface area contributed by atoms with Gasteiger partial charge in [0.15, 0.2) is 10.8 Å². The number of hydrogen-bond donors (Lipinski definition) is 1. The number of rotatable bonds is 8. The van der Waals surface area contributed by atoms with Crippen LogP contribution < -0.4 is 5.32 Å². The van der Waals surface area contributed by atoms with Crippen molar-refractivity contribution in [3.63, 3.8) is 0 Å². The molecule has 3 aromatic rings. The van der Waals surface area contributed by atoms with E-state index in [2.05, 4.69) is 39.1 Å². The second-order valence-electron chi connectivity index (χ2n) is 7.48. The van der Waals surface area contributed by atoms with Crippen LogP contribution in [-0.2, 0) is 5.92 Å². The van der Waals surface area contributed by atoms with Crippen molar-refractivity contribution >= 4 is 17.2 Å². The molecule has 3 heterocycles. The number of aromatic nitrogens is 4. The number of carbonyl (C=O) groups is 1. The van der Waals surface area contributed by atoms with E-state index in [-0.39, 0.29) is 21.6 Å². The lowest BCUT2D eigenvalue weighted by Crippen LogP contribution is -2.30. The van der Waals surface area contributed by atoms with Crippen LogP contribution >= 0.6 is 11.3 Å². The molecule has 0 saturated carbocycles. The van der Waals surface area contributed by atoms with Gasteiger partial charge in [-0.3, -0.25) is 9.78 Å². The largest absolute Gasteiger partial charge is 0.351 e. The van der Waals surface area contributed by atoms with Crippen molar-refractivity contribution in [3.05, 3.63) is 59.1 Å². The molecule has 0 radical (unpaired) electrons. The molecule has 6 nitrogen and oxygen atoms in total. The first-order valence-electron chi connectivity index (χ1n) is 9.60. The topological polar surface area (TPSA) is 80.7 Å². The number of amides is 1. The molecule has 9 heteroatoms. The second-order valence-corrected chi connectivity index (χ2v) is 8.48. The molecule has 158 valence electrons. The van der Waals surface area contributed by atoms with Crippen molar-refractivity contribution in [2.24, 2.45) is 5.92 Å². The van der Waals surface area contributed by atoms with Crippen LogP contribution in [-0.4, -0.2) is 32.4 Å². The summed E-state index contributed by atoms with van der Waals surface area (Å²) in [5, 5.41) is 2.99. The van der Waals surface area contributed by atoms with E-state index in [1.165, 1.54) is 12.4 Å². The van der Waals surface area contributed by atoms with E-state index in [1.807, 2.05) is 12.1 Å². The van der Waals surface area contributed by atoms with Crippen molar-refractivity contribution in [3.8, 4) is 10.8 Å². The van der Waals surface area contributed by atoms with E-state index < -0.39 is 17.5 Å². The van der Waals surface area contributed by atoms with Gasteiger partial charge in [0, 0.05) is 44.2 Å². The van der Waals surface area contributed by atoms with E-state index in [0.717, 1.165) is 30.2 Å². The molecule has 0 bridgehead atoms. The maximum Gasteiger partial charge on any atom is 0.288 e. The highest BCUT2D eigenvalue weighted by Crippen LogP contribution is 2.35. The van der Waals surface area contributed by atoms with Gasteiger partial charge in [0.05, 0.1) is 0 Å². The number of hydrogen-bond acceptors (Lipinski definition) is 6. The van der Waals surface area contributed by atoms with Gasteiger partial charge in [0.2, 0.25) is 0 Å². The van der Waals surface area contributed by atoms with Gasteiger partial charge in [-0.25, -0.2) is 15.0 Å². The van der Waals surface area contributed by atoms with E-state index in [4.69, 9.17) is 0 Å². The van der Waals surface area contributed by atoms with Gasteiger partial charge in [0.25, 0.3) is 11.8 Å². The normalized spacial score (nSPS) is 12.7. The Labute approximate surface area is 177 Å². The van der Waals surface area contributed by atoms with Crippen LogP contribution in [0.25, 0.3) is 10.8 Å². The van der Waals surface area contributed by atoms with Crippen molar-refractivity contribution in [1.29, 1.82) is 0 Å². The van der Waals surface area contributed by atoms with Crippen LogP contribution in [0.5, 0.6) is 0 Å². The Balaban J connectivity index is 1.84. The summed E-state index contributed by atoms with van der Waals surface area (Å²) in [6, 6.07) is 5.41. The molecule has 0 fully saturated rings. The molecule has 3 aromatic heterocycles. The van der Waals surface area contributed by atoms with E-state index in [0.29, 0.717) is 12.5 Å². The Morgan fingerprint density at radius 1 is 1.20 bits per heavy atom. The number of nitrogens with zero attached hydrogens (tertiary/aromatic N) is 4. The number of nitrogens with one attached hydrogen (secondary N) is 1. The number of pyridine rings is 1. The Hall–Kier alpha value is -2.81. The molecule has 0 spiro atoms. The molecular weight excluding hydrogens is 408 g/mol. The smallest absolute Gasteiger partial charge is 0.288 e. The Kier molecular flexibility index (Phi) is 6.81. The molecule has 1 N–H and O–H groups in total. The van der Waals surface area contributed by atoms with Gasteiger partial charge in [-0.15, -0.1) is 11.3 Å². The third kappa shape index (κ3) is 5.41. The summed E-state index contributed by atoms with van der Waals surface area (Å²) in [5.41, 5.74) is 0.435. The van der Waals surface area contributed by atoms with Crippen LogP contribution in [0.4, 0.5) is 8.78 Å². The summed E-state index contributed by atoms with van der Waals surface area (Å²) >= 11 is 0.868.